The molecule has 2 aromatic rings. The number of rotatable bonds is 0. The minimum Gasteiger partial charge on any atom is -0.0553 e. The highest BCUT2D eigenvalue weighted by Crippen LogP contribution is 2.18. The predicted octanol–water partition coefficient (Wildman–Crippen LogP) is 6.43. The van der Waals surface area contributed by atoms with Crippen molar-refractivity contribution in [1.82, 2.24) is 0 Å². The van der Waals surface area contributed by atoms with E-state index in [9.17, 15) is 0 Å². The number of benzene rings is 2. The Labute approximate surface area is 150 Å². The molecule has 0 aromatic heterocycles. The summed E-state index contributed by atoms with van der Waals surface area (Å²) in [6.45, 7) is 12.9. The van der Waals surface area contributed by atoms with Crippen molar-refractivity contribution in [2.45, 2.75) is 41.5 Å². The monoisotopic (exact) mass is 492 g/mol. The van der Waals surface area contributed by atoms with Crippen LogP contribution in [0.2, 0.25) is 0 Å². The van der Waals surface area contributed by atoms with Crippen molar-refractivity contribution in [3.8, 4) is 0 Å². The van der Waals surface area contributed by atoms with Gasteiger partial charge in [-0.25, -0.2) is 0 Å². The van der Waals surface area contributed by atoms with Gasteiger partial charge in [0, 0.05) is 7.14 Å². The Balaban J connectivity index is 0.000000200. The molecule has 0 N–H and O–H groups in total. The molecule has 0 aliphatic heterocycles. The fourth-order valence-electron chi connectivity index (χ4n) is 2.32. The second-order valence-electron chi connectivity index (χ2n) is 5.43. The SMILES string of the molecule is Cc1cc(C)c(I)c(C)c1.Cc1cc(C)c(I)c(C)c1. The van der Waals surface area contributed by atoms with Crippen LogP contribution in [-0.4, -0.2) is 0 Å². The summed E-state index contributed by atoms with van der Waals surface area (Å²) in [4.78, 5) is 0. The highest BCUT2D eigenvalue weighted by molar-refractivity contribution is 14.1. The number of aryl methyl sites for hydroxylation is 6. The first-order valence-corrected chi connectivity index (χ1v) is 8.84. The zero-order valence-electron chi connectivity index (χ0n) is 13.1. The predicted molar refractivity (Wildman–Crippen MR) is 107 cm³/mol. The molecule has 0 amide bonds. The molecule has 108 valence electrons. The van der Waals surface area contributed by atoms with Crippen LogP contribution in [0.25, 0.3) is 0 Å². The first-order valence-electron chi connectivity index (χ1n) is 6.69. The first-order chi connectivity index (χ1) is 9.22. The van der Waals surface area contributed by atoms with Crippen molar-refractivity contribution in [3.05, 3.63) is 64.8 Å². The summed E-state index contributed by atoms with van der Waals surface area (Å²) in [5.41, 5.74) is 8.26. The lowest BCUT2D eigenvalue weighted by Crippen LogP contribution is -1.86. The minimum atomic E-state index is 1.36. The van der Waals surface area contributed by atoms with Crippen molar-refractivity contribution in [3.63, 3.8) is 0 Å². The number of halogens is 2. The molecule has 0 unspecified atom stereocenters. The quantitative estimate of drug-likeness (QED) is 0.372. The Kier molecular flexibility index (Phi) is 6.98. The molecule has 0 nitrogen and oxygen atoms in total. The Bertz CT molecular complexity index is 511. The van der Waals surface area contributed by atoms with E-state index in [2.05, 4.69) is 111 Å². The number of hydrogen-bond acceptors (Lipinski definition) is 0. The summed E-state index contributed by atoms with van der Waals surface area (Å²) in [5, 5.41) is 0. The van der Waals surface area contributed by atoms with Crippen LogP contribution in [0.5, 0.6) is 0 Å². The lowest BCUT2D eigenvalue weighted by molar-refractivity contribution is 1.29. The first kappa shape index (κ1) is 18.0. The molecule has 0 radical (unpaired) electrons. The fourth-order valence-corrected chi connectivity index (χ4v) is 2.95. The second-order valence-corrected chi connectivity index (χ2v) is 7.58. The lowest BCUT2D eigenvalue weighted by Gasteiger charge is -2.03. The van der Waals surface area contributed by atoms with Gasteiger partial charge in [-0.1, -0.05) is 35.4 Å². The van der Waals surface area contributed by atoms with Gasteiger partial charge in [0.15, 0.2) is 0 Å². The molecule has 0 aliphatic carbocycles. The third kappa shape index (κ3) is 5.02. The summed E-state index contributed by atoms with van der Waals surface area (Å²) in [6, 6.07) is 8.87. The van der Waals surface area contributed by atoms with Gasteiger partial charge in [0.1, 0.15) is 0 Å². The molecule has 0 heterocycles. The van der Waals surface area contributed by atoms with Crippen molar-refractivity contribution in [2.24, 2.45) is 0 Å². The van der Waals surface area contributed by atoms with Gasteiger partial charge < -0.3 is 0 Å². The van der Waals surface area contributed by atoms with Crippen LogP contribution in [0, 0.1) is 48.7 Å². The summed E-state index contributed by atoms with van der Waals surface area (Å²) in [6.07, 6.45) is 0. The summed E-state index contributed by atoms with van der Waals surface area (Å²) in [7, 11) is 0. The molecule has 0 aliphatic rings. The van der Waals surface area contributed by atoms with Crippen LogP contribution in [0.4, 0.5) is 0 Å². The Hall–Kier alpha value is -0.100. The van der Waals surface area contributed by atoms with Gasteiger partial charge in [0.05, 0.1) is 0 Å². The average Bonchev–Trinajstić information content (AvgIpc) is 2.33. The molecule has 0 bridgehead atoms. The van der Waals surface area contributed by atoms with Crippen LogP contribution in [0.1, 0.15) is 33.4 Å². The van der Waals surface area contributed by atoms with E-state index in [1.807, 2.05) is 0 Å². The summed E-state index contributed by atoms with van der Waals surface area (Å²) < 4.78 is 2.78. The Morgan fingerprint density at radius 2 is 0.700 bits per heavy atom. The highest BCUT2D eigenvalue weighted by atomic mass is 127. The molecule has 0 spiro atoms. The molecular weight excluding hydrogens is 470 g/mol. The third-order valence-electron chi connectivity index (χ3n) is 3.16. The molecule has 0 saturated heterocycles. The zero-order chi connectivity index (χ0) is 15.4. The van der Waals surface area contributed by atoms with Gasteiger partial charge in [-0.15, -0.1) is 0 Å². The fraction of sp³-hybridized carbons (Fsp3) is 0.333. The Morgan fingerprint density at radius 1 is 0.500 bits per heavy atom. The van der Waals surface area contributed by atoms with E-state index in [4.69, 9.17) is 0 Å². The maximum absolute atomic E-state index is 2.39. The van der Waals surface area contributed by atoms with E-state index < -0.39 is 0 Å². The molecule has 0 atom stereocenters. The van der Waals surface area contributed by atoms with Crippen molar-refractivity contribution in [2.75, 3.05) is 0 Å². The molecule has 0 saturated carbocycles. The van der Waals surface area contributed by atoms with Crippen LogP contribution >= 0.6 is 45.2 Å². The second kappa shape index (κ2) is 7.78. The molecule has 2 heteroatoms. The van der Waals surface area contributed by atoms with Crippen LogP contribution in [0.3, 0.4) is 0 Å². The smallest absolute Gasteiger partial charge is 0.0188 e. The van der Waals surface area contributed by atoms with Crippen LogP contribution in [0.15, 0.2) is 24.3 Å². The third-order valence-corrected chi connectivity index (χ3v) is 6.56. The van der Waals surface area contributed by atoms with E-state index >= 15 is 0 Å². The molecule has 20 heavy (non-hydrogen) atoms. The van der Waals surface area contributed by atoms with E-state index in [1.54, 1.807) is 0 Å². The van der Waals surface area contributed by atoms with Gasteiger partial charge in [-0.05, 0) is 109 Å². The average molecular weight is 492 g/mol. The van der Waals surface area contributed by atoms with E-state index in [1.165, 1.54) is 40.5 Å². The van der Waals surface area contributed by atoms with E-state index in [0.717, 1.165) is 0 Å². The molecule has 2 rings (SSSR count). The van der Waals surface area contributed by atoms with Gasteiger partial charge in [0.25, 0.3) is 0 Å². The molecular formula is C18H22I2. The van der Waals surface area contributed by atoms with Crippen LogP contribution in [-0.2, 0) is 0 Å². The lowest BCUT2D eigenvalue weighted by atomic mass is 10.1. The molecule has 0 fully saturated rings. The Morgan fingerprint density at radius 3 is 0.900 bits per heavy atom. The van der Waals surface area contributed by atoms with Gasteiger partial charge in [-0.2, -0.15) is 0 Å². The van der Waals surface area contributed by atoms with E-state index in [-0.39, 0.29) is 0 Å². The summed E-state index contributed by atoms with van der Waals surface area (Å²) in [5.74, 6) is 0. The van der Waals surface area contributed by atoms with E-state index in [0.29, 0.717) is 0 Å². The normalized spacial score (nSPS) is 10.0. The minimum absolute atomic E-state index is 1.36. The zero-order valence-corrected chi connectivity index (χ0v) is 17.4. The van der Waals surface area contributed by atoms with Gasteiger partial charge >= 0.3 is 0 Å². The van der Waals surface area contributed by atoms with Crippen molar-refractivity contribution in [1.29, 1.82) is 0 Å². The topological polar surface area (TPSA) is 0 Å². The standard InChI is InChI=1S/2C9H11I/c2*1-6-4-7(2)9(10)8(3)5-6/h2*4-5H,1-3H3. The largest absolute Gasteiger partial charge is 0.0553 e. The van der Waals surface area contributed by atoms with Crippen molar-refractivity contribution >= 4 is 45.2 Å². The molecule has 2 aromatic carbocycles. The van der Waals surface area contributed by atoms with Crippen LogP contribution < -0.4 is 0 Å². The summed E-state index contributed by atoms with van der Waals surface area (Å²) >= 11 is 4.77. The maximum atomic E-state index is 2.39. The maximum Gasteiger partial charge on any atom is 0.0188 e. The number of hydrogen-bond donors (Lipinski definition) is 0. The van der Waals surface area contributed by atoms with Gasteiger partial charge in [0.2, 0.25) is 0 Å². The van der Waals surface area contributed by atoms with Crippen molar-refractivity contribution < 1.29 is 0 Å². The highest BCUT2D eigenvalue weighted by Gasteiger charge is 1.98. The van der Waals surface area contributed by atoms with Gasteiger partial charge in [-0.3, -0.25) is 0 Å².